The zero-order valence-corrected chi connectivity index (χ0v) is 12.3. The van der Waals surface area contributed by atoms with Crippen molar-refractivity contribution in [1.29, 1.82) is 0 Å². The summed E-state index contributed by atoms with van der Waals surface area (Å²) in [5, 5.41) is 0. The lowest BCUT2D eigenvalue weighted by atomic mass is 10.4. The third-order valence-corrected chi connectivity index (χ3v) is 9.83. The van der Waals surface area contributed by atoms with Gasteiger partial charge in [-0.3, -0.25) is 0 Å². The van der Waals surface area contributed by atoms with Crippen molar-refractivity contribution in [2.24, 2.45) is 0 Å². The fourth-order valence-electron chi connectivity index (χ4n) is 2.55. The van der Waals surface area contributed by atoms with E-state index < -0.39 is 16.1 Å². The molecule has 0 saturated heterocycles. The molecule has 1 rings (SSSR count). The molecule has 2 atom stereocenters. The Morgan fingerprint density at radius 3 is 1.15 bits per heavy atom. The lowest BCUT2D eigenvalue weighted by Crippen LogP contribution is -2.29. The summed E-state index contributed by atoms with van der Waals surface area (Å²) < 4.78 is 0. The van der Waals surface area contributed by atoms with Crippen LogP contribution >= 0.6 is 0 Å². The van der Waals surface area contributed by atoms with Crippen molar-refractivity contribution in [3.05, 3.63) is 0 Å². The zero-order valence-electron chi connectivity index (χ0n) is 10.3. The maximum absolute atomic E-state index is 2.55. The SMILES string of the molecule is C[Si](C)(C)C1CCC([Si](C)(C)C)C1. The largest absolute Gasteiger partial charge is 0.0693 e. The smallest absolute Gasteiger partial charge is 0.0473 e. The second kappa shape index (κ2) is 3.54. The van der Waals surface area contributed by atoms with Gasteiger partial charge in [-0.2, -0.15) is 0 Å². The summed E-state index contributed by atoms with van der Waals surface area (Å²) >= 11 is 0. The van der Waals surface area contributed by atoms with Gasteiger partial charge in [-0.15, -0.1) is 0 Å². The third-order valence-electron chi connectivity index (χ3n) is 3.88. The van der Waals surface area contributed by atoms with Gasteiger partial charge >= 0.3 is 0 Å². The van der Waals surface area contributed by atoms with E-state index in [0.717, 1.165) is 11.1 Å². The molecule has 1 aliphatic rings. The molecular formula is C11H26Si2. The molecule has 0 spiro atoms. The van der Waals surface area contributed by atoms with E-state index in [1.807, 2.05) is 0 Å². The quantitative estimate of drug-likeness (QED) is 0.590. The minimum absolute atomic E-state index is 0.823. The lowest BCUT2D eigenvalue weighted by molar-refractivity contribution is 0.827. The van der Waals surface area contributed by atoms with Crippen LogP contribution in [-0.2, 0) is 0 Å². The molecule has 0 heterocycles. The van der Waals surface area contributed by atoms with E-state index in [1.165, 1.54) is 0 Å². The molecule has 13 heavy (non-hydrogen) atoms. The zero-order chi connectivity index (χ0) is 10.3. The minimum atomic E-state index is -0.823. The van der Waals surface area contributed by atoms with Crippen molar-refractivity contribution in [3.63, 3.8) is 0 Å². The number of rotatable bonds is 2. The van der Waals surface area contributed by atoms with Gasteiger partial charge < -0.3 is 0 Å². The van der Waals surface area contributed by atoms with Crippen LogP contribution < -0.4 is 0 Å². The Balaban J connectivity index is 2.55. The molecule has 2 heteroatoms. The second-order valence-electron chi connectivity index (χ2n) is 6.94. The minimum Gasteiger partial charge on any atom is -0.0693 e. The second-order valence-corrected chi connectivity index (χ2v) is 18.0. The van der Waals surface area contributed by atoms with Gasteiger partial charge in [0.1, 0.15) is 0 Å². The molecule has 1 aliphatic carbocycles. The maximum Gasteiger partial charge on any atom is 0.0473 e. The summed E-state index contributed by atoms with van der Waals surface area (Å²) in [7, 11) is -1.65. The van der Waals surface area contributed by atoms with Crippen molar-refractivity contribution in [2.45, 2.75) is 69.6 Å². The highest BCUT2D eigenvalue weighted by Gasteiger charge is 2.39. The Kier molecular flexibility index (Phi) is 3.13. The first-order valence-electron chi connectivity index (χ1n) is 5.71. The van der Waals surface area contributed by atoms with Gasteiger partial charge in [0.15, 0.2) is 0 Å². The van der Waals surface area contributed by atoms with Crippen molar-refractivity contribution < 1.29 is 0 Å². The van der Waals surface area contributed by atoms with Crippen LogP contribution in [0.1, 0.15) is 19.3 Å². The molecule has 1 saturated carbocycles. The Labute approximate surface area is 86.1 Å². The number of hydrogen-bond donors (Lipinski definition) is 0. The van der Waals surface area contributed by atoms with Gasteiger partial charge in [0.05, 0.1) is 0 Å². The molecule has 2 unspecified atom stereocenters. The highest BCUT2D eigenvalue weighted by Crippen LogP contribution is 2.48. The lowest BCUT2D eigenvalue weighted by Gasteiger charge is -2.28. The van der Waals surface area contributed by atoms with E-state index in [-0.39, 0.29) is 0 Å². The predicted molar refractivity (Wildman–Crippen MR) is 68.0 cm³/mol. The normalized spacial score (nSPS) is 30.9. The van der Waals surface area contributed by atoms with Crippen LogP contribution in [0, 0.1) is 0 Å². The van der Waals surface area contributed by atoms with Crippen LogP contribution in [0.5, 0.6) is 0 Å². The van der Waals surface area contributed by atoms with Crippen molar-refractivity contribution >= 4 is 16.1 Å². The van der Waals surface area contributed by atoms with E-state index in [2.05, 4.69) is 39.3 Å². The monoisotopic (exact) mass is 214 g/mol. The molecule has 0 radical (unpaired) electrons. The molecule has 0 aromatic rings. The van der Waals surface area contributed by atoms with E-state index in [9.17, 15) is 0 Å². The first-order chi connectivity index (χ1) is 5.71. The average molecular weight is 215 g/mol. The van der Waals surface area contributed by atoms with Gasteiger partial charge in [-0.25, -0.2) is 0 Å². The van der Waals surface area contributed by atoms with Gasteiger partial charge in [-0.05, 0) is 11.1 Å². The molecule has 0 aromatic heterocycles. The van der Waals surface area contributed by atoms with Gasteiger partial charge in [0.2, 0.25) is 0 Å². The van der Waals surface area contributed by atoms with Crippen LogP contribution in [0.25, 0.3) is 0 Å². The summed E-state index contributed by atoms with van der Waals surface area (Å²) in [4.78, 5) is 0. The molecular weight excluding hydrogens is 188 g/mol. The molecule has 1 fully saturated rings. The van der Waals surface area contributed by atoms with Gasteiger partial charge in [-0.1, -0.05) is 58.5 Å². The van der Waals surface area contributed by atoms with Crippen molar-refractivity contribution in [2.75, 3.05) is 0 Å². The number of hydrogen-bond acceptors (Lipinski definition) is 0. The van der Waals surface area contributed by atoms with Crippen LogP contribution in [0.15, 0.2) is 0 Å². The summed E-state index contributed by atoms with van der Waals surface area (Å²) in [6, 6.07) is 0. The molecule has 0 aromatic carbocycles. The topological polar surface area (TPSA) is 0 Å². The molecule has 0 N–H and O–H groups in total. The highest BCUT2D eigenvalue weighted by molar-refractivity contribution is 6.79. The van der Waals surface area contributed by atoms with E-state index in [4.69, 9.17) is 0 Å². The molecule has 0 nitrogen and oxygen atoms in total. The maximum atomic E-state index is 2.55. The Morgan fingerprint density at radius 1 is 0.692 bits per heavy atom. The first kappa shape index (κ1) is 11.5. The van der Waals surface area contributed by atoms with E-state index >= 15 is 0 Å². The Hall–Kier alpha value is 0.434. The van der Waals surface area contributed by atoms with E-state index in [0.29, 0.717) is 0 Å². The Bertz CT molecular complexity index is 154. The van der Waals surface area contributed by atoms with Crippen molar-refractivity contribution in [3.8, 4) is 0 Å². The summed E-state index contributed by atoms with van der Waals surface area (Å²) in [6.07, 6.45) is 4.67. The molecule has 0 aliphatic heterocycles. The standard InChI is InChI=1S/C11H26Si2/c1-12(2,3)10-7-8-11(9-10)13(4,5)6/h10-11H,7-9H2,1-6H3. The summed E-state index contributed by atoms with van der Waals surface area (Å²) in [5.41, 5.74) is 2.26. The van der Waals surface area contributed by atoms with Crippen LogP contribution in [-0.4, -0.2) is 16.1 Å². The third kappa shape index (κ3) is 2.95. The summed E-state index contributed by atoms with van der Waals surface area (Å²) in [6.45, 7) is 15.3. The molecule has 0 amide bonds. The van der Waals surface area contributed by atoms with Crippen molar-refractivity contribution in [1.82, 2.24) is 0 Å². The van der Waals surface area contributed by atoms with Gasteiger partial charge in [0.25, 0.3) is 0 Å². The van der Waals surface area contributed by atoms with Crippen LogP contribution in [0.2, 0.25) is 50.4 Å². The first-order valence-corrected chi connectivity index (χ1v) is 12.9. The fourth-order valence-corrected chi connectivity index (χ4v) is 6.84. The molecule has 78 valence electrons. The Morgan fingerprint density at radius 2 is 1.00 bits per heavy atom. The average Bonchev–Trinajstić information content (AvgIpc) is 2.28. The fraction of sp³-hybridized carbons (Fsp3) is 1.00. The van der Waals surface area contributed by atoms with Crippen LogP contribution in [0.4, 0.5) is 0 Å². The molecule has 0 bridgehead atoms. The summed E-state index contributed by atoms with van der Waals surface area (Å²) in [5.74, 6) is 0. The highest BCUT2D eigenvalue weighted by atomic mass is 28.3. The van der Waals surface area contributed by atoms with Crippen LogP contribution in [0.3, 0.4) is 0 Å². The predicted octanol–water partition coefficient (Wildman–Crippen LogP) is 4.59. The van der Waals surface area contributed by atoms with Gasteiger partial charge in [0, 0.05) is 16.1 Å². The van der Waals surface area contributed by atoms with E-state index in [1.54, 1.807) is 19.3 Å².